The Labute approximate surface area is 222 Å². The van der Waals surface area contributed by atoms with Crippen LogP contribution in [0.15, 0.2) is 53.4 Å². The molecular formula is C26H34N6O3S2. The number of piperidine rings is 1. The first-order valence-corrected chi connectivity index (χ1v) is 15.2. The zero-order valence-corrected chi connectivity index (χ0v) is 22.6. The van der Waals surface area contributed by atoms with E-state index in [1.54, 1.807) is 18.2 Å². The van der Waals surface area contributed by atoms with Crippen molar-refractivity contribution in [3.05, 3.63) is 54.1 Å². The van der Waals surface area contributed by atoms with Gasteiger partial charge in [0.15, 0.2) is 0 Å². The average molecular weight is 543 g/mol. The summed E-state index contributed by atoms with van der Waals surface area (Å²) < 4.78 is 36.2. The van der Waals surface area contributed by atoms with Gasteiger partial charge in [0, 0.05) is 58.3 Å². The van der Waals surface area contributed by atoms with E-state index in [0.717, 1.165) is 57.4 Å². The molecule has 3 aromatic rings. The van der Waals surface area contributed by atoms with E-state index in [0.29, 0.717) is 43.5 Å². The monoisotopic (exact) mass is 542 g/mol. The van der Waals surface area contributed by atoms with Gasteiger partial charge in [-0.1, -0.05) is 36.4 Å². The molecule has 0 spiro atoms. The maximum Gasteiger partial charge on any atom is 0.245 e. The van der Waals surface area contributed by atoms with E-state index in [4.69, 9.17) is 0 Å². The molecule has 2 aromatic carbocycles. The molecule has 0 atom stereocenters. The van der Waals surface area contributed by atoms with Crippen LogP contribution in [0.4, 0.5) is 0 Å². The minimum absolute atomic E-state index is 0.0375. The maximum atomic E-state index is 13.2. The van der Waals surface area contributed by atoms with Crippen LogP contribution in [0.1, 0.15) is 24.8 Å². The van der Waals surface area contributed by atoms with Gasteiger partial charge >= 0.3 is 0 Å². The topological polar surface area (TPSA) is 98.7 Å². The van der Waals surface area contributed by atoms with Gasteiger partial charge in [0.2, 0.25) is 15.9 Å². The first kappa shape index (κ1) is 26.2. The Morgan fingerprint density at radius 2 is 1.65 bits per heavy atom. The third kappa shape index (κ3) is 6.35. The van der Waals surface area contributed by atoms with Crippen molar-refractivity contribution in [3.8, 4) is 0 Å². The minimum atomic E-state index is -3.67. The van der Waals surface area contributed by atoms with Crippen LogP contribution in [0.5, 0.6) is 0 Å². The molecule has 3 heterocycles. The van der Waals surface area contributed by atoms with Crippen LogP contribution in [0.3, 0.4) is 0 Å². The van der Waals surface area contributed by atoms with Crippen LogP contribution in [0.2, 0.25) is 0 Å². The summed E-state index contributed by atoms with van der Waals surface area (Å²) in [4.78, 5) is 17.9. The molecule has 0 aliphatic carbocycles. The normalized spacial score (nSPS) is 18.8. The Kier molecular flexibility index (Phi) is 8.46. The van der Waals surface area contributed by atoms with Crippen molar-refractivity contribution in [1.29, 1.82) is 0 Å². The van der Waals surface area contributed by atoms with Crippen molar-refractivity contribution >= 4 is 38.7 Å². The standard InChI is InChI=1S/C26H34N6O3S2/c33-26(27-12-5-13-30-16-18-31(19-17-30)20-21-6-2-1-3-7-21)22-10-14-32(15-11-22)37(34,35)24-9-4-8-23-25(24)29-36-28-23/h1-4,6-9,22H,5,10-20H2,(H,27,33). The molecule has 0 radical (unpaired) electrons. The summed E-state index contributed by atoms with van der Waals surface area (Å²) in [6.45, 7) is 7.54. The molecule has 1 aromatic heterocycles. The van der Waals surface area contributed by atoms with E-state index in [-0.39, 0.29) is 16.7 Å². The number of sulfonamides is 1. The molecule has 2 aliphatic rings. The molecule has 37 heavy (non-hydrogen) atoms. The Morgan fingerprint density at radius 3 is 2.41 bits per heavy atom. The second-order valence-electron chi connectivity index (χ2n) is 9.81. The number of hydrogen-bond acceptors (Lipinski definition) is 8. The van der Waals surface area contributed by atoms with E-state index in [2.05, 4.69) is 54.2 Å². The van der Waals surface area contributed by atoms with Crippen molar-refractivity contribution in [2.24, 2.45) is 5.92 Å². The summed E-state index contributed by atoms with van der Waals surface area (Å²) in [6, 6.07) is 15.6. The number of amides is 1. The minimum Gasteiger partial charge on any atom is -0.356 e. The molecule has 198 valence electrons. The zero-order valence-electron chi connectivity index (χ0n) is 21.0. The van der Waals surface area contributed by atoms with Crippen molar-refractivity contribution in [1.82, 2.24) is 28.2 Å². The van der Waals surface area contributed by atoms with Crippen LogP contribution in [-0.2, 0) is 21.4 Å². The fourth-order valence-electron chi connectivity index (χ4n) is 5.16. The molecule has 0 bridgehead atoms. The van der Waals surface area contributed by atoms with E-state index in [1.165, 1.54) is 9.87 Å². The summed E-state index contributed by atoms with van der Waals surface area (Å²) in [7, 11) is -3.67. The van der Waals surface area contributed by atoms with E-state index >= 15 is 0 Å². The highest BCUT2D eigenvalue weighted by Gasteiger charge is 2.33. The Morgan fingerprint density at radius 1 is 0.919 bits per heavy atom. The second kappa shape index (κ2) is 12.0. The van der Waals surface area contributed by atoms with Gasteiger partial charge in [-0.15, -0.1) is 0 Å². The number of piperazine rings is 1. The summed E-state index contributed by atoms with van der Waals surface area (Å²) in [5.41, 5.74) is 2.37. The first-order chi connectivity index (χ1) is 18.0. The number of carbonyl (C=O) groups excluding carboxylic acids is 1. The van der Waals surface area contributed by atoms with Crippen LogP contribution in [-0.4, -0.2) is 89.5 Å². The maximum absolute atomic E-state index is 13.2. The summed E-state index contributed by atoms with van der Waals surface area (Å²) in [5.74, 6) is -0.111. The lowest BCUT2D eigenvalue weighted by molar-refractivity contribution is -0.126. The van der Waals surface area contributed by atoms with Crippen molar-refractivity contribution < 1.29 is 13.2 Å². The Balaban J connectivity index is 1.00. The Bertz CT molecular complexity index is 1280. The fourth-order valence-corrected chi connectivity index (χ4v) is 7.38. The number of aromatic nitrogens is 2. The van der Waals surface area contributed by atoms with Gasteiger partial charge in [-0.05, 0) is 43.5 Å². The first-order valence-electron chi connectivity index (χ1n) is 13.0. The highest BCUT2D eigenvalue weighted by molar-refractivity contribution is 7.89. The molecule has 0 unspecified atom stereocenters. The SMILES string of the molecule is O=C(NCCCN1CCN(Cc2ccccc2)CC1)C1CCN(S(=O)(=O)c2cccc3nsnc23)CC1. The highest BCUT2D eigenvalue weighted by Crippen LogP contribution is 2.28. The van der Waals surface area contributed by atoms with Gasteiger partial charge in [0.25, 0.3) is 0 Å². The molecule has 2 aliphatic heterocycles. The molecule has 2 saturated heterocycles. The van der Waals surface area contributed by atoms with Crippen LogP contribution >= 0.6 is 11.7 Å². The molecule has 1 N–H and O–H groups in total. The van der Waals surface area contributed by atoms with E-state index in [1.807, 2.05) is 0 Å². The highest BCUT2D eigenvalue weighted by atomic mass is 32.2. The van der Waals surface area contributed by atoms with E-state index in [9.17, 15) is 13.2 Å². The molecule has 0 saturated carbocycles. The van der Waals surface area contributed by atoms with Gasteiger partial charge in [0.1, 0.15) is 15.9 Å². The lowest BCUT2D eigenvalue weighted by atomic mass is 9.97. The lowest BCUT2D eigenvalue weighted by Gasteiger charge is -2.34. The zero-order chi connectivity index (χ0) is 25.7. The van der Waals surface area contributed by atoms with Crippen molar-refractivity contribution in [3.63, 3.8) is 0 Å². The molecule has 9 nitrogen and oxygen atoms in total. The summed E-state index contributed by atoms with van der Waals surface area (Å²) >= 11 is 1.01. The number of carbonyl (C=O) groups is 1. The van der Waals surface area contributed by atoms with Crippen LogP contribution in [0, 0.1) is 5.92 Å². The predicted octanol–water partition coefficient (Wildman–Crippen LogP) is 2.42. The fraction of sp³-hybridized carbons (Fsp3) is 0.500. The number of nitrogens with one attached hydrogen (secondary N) is 1. The number of nitrogens with zero attached hydrogens (tertiary/aromatic N) is 5. The van der Waals surface area contributed by atoms with Crippen molar-refractivity contribution in [2.75, 3.05) is 52.4 Å². The van der Waals surface area contributed by atoms with Crippen LogP contribution < -0.4 is 5.32 Å². The van der Waals surface area contributed by atoms with Crippen LogP contribution in [0.25, 0.3) is 11.0 Å². The summed E-state index contributed by atoms with van der Waals surface area (Å²) in [6.07, 6.45) is 1.97. The Hall–Kier alpha value is -2.44. The van der Waals surface area contributed by atoms with Gasteiger partial charge in [-0.3, -0.25) is 9.69 Å². The molecule has 1 amide bonds. The molecular weight excluding hydrogens is 508 g/mol. The number of fused-ring (bicyclic) bond motifs is 1. The quantitative estimate of drug-likeness (QED) is 0.415. The molecule has 2 fully saturated rings. The van der Waals surface area contributed by atoms with Crippen molar-refractivity contribution in [2.45, 2.75) is 30.7 Å². The molecule has 11 heteroatoms. The van der Waals surface area contributed by atoms with Gasteiger partial charge in [-0.2, -0.15) is 13.1 Å². The van der Waals surface area contributed by atoms with Gasteiger partial charge < -0.3 is 10.2 Å². The molecule has 5 rings (SSSR count). The second-order valence-corrected chi connectivity index (χ2v) is 12.2. The predicted molar refractivity (Wildman–Crippen MR) is 145 cm³/mol. The average Bonchev–Trinajstić information content (AvgIpc) is 3.42. The van der Waals surface area contributed by atoms with Gasteiger partial charge in [0.05, 0.1) is 11.7 Å². The lowest BCUT2D eigenvalue weighted by Crippen LogP contribution is -2.46. The smallest absolute Gasteiger partial charge is 0.245 e. The number of hydrogen-bond donors (Lipinski definition) is 1. The largest absolute Gasteiger partial charge is 0.356 e. The third-order valence-electron chi connectivity index (χ3n) is 7.36. The van der Waals surface area contributed by atoms with E-state index < -0.39 is 10.0 Å². The third-order valence-corrected chi connectivity index (χ3v) is 9.83. The summed E-state index contributed by atoms with van der Waals surface area (Å²) in [5, 5.41) is 3.08. The van der Waals surface area contributed by atoms with Gasteiger partial charge in [-0.25, -0.2) is 8.42 Å². The number of benzene rings is 2. The number of rotatable bonds is 9.